The van der Waals surface area contributed by atoms with Gasteiger partial charge < -0.3 is 5.11 Å². The summed E-state index contributed by atoms with van der Waals surface area (Å²) >= 11 is 0. The van der Waals surface area contributed by atoms with Gasteiger partial charge in [0.25, 0.3) is 0 Å². The molecular weight excluding hydrogens is 148 g/mol. The molecule has 0 spiro atoms. The molecule has 0 aromatic heterocycles. The van der Waals surface area contributed by atoms with Crippen LogP contribution in [0.5, 0.6) is 0 Å². The van der Waals surface area contributed by atoms with Gasteiger partial charge in [-0.2, -0.15) is 0 Å². The van der Waals surface area contributed by atoms with E-state index in [9.17, 15) is 5.11 Å². The van der Waals surface area contributed by atoms with Gasteiger partial charge in [0, 0.05) is 0 Å². The summed E-state index contributed by atoms with van der Waals surface area (Å²) in [7, 11) is 0. The molecule has 1 heteroatoms. The van der Waals surface area contributed by atoms with Gasteiger partial charge in [-0.05, 0) is 31.6 Å². The third-order valence-electron chi connectivity index (χ3n) is 2.08. The number of hydrogen-bond acceptors (Lipinski definition) is 1. The van der Waals surface area contributed by atoms with Crippen molar-refractivity contribution in [3.05, 3.63) is 12.2 Å². The molecule has 0 aromatic rings. The average molecular weight is 170 g/mol. The van der Waals surface area contributed by atoms with Gasteiger partial charge in [0.1, 0.15) is 0 Å². The summed E-state index contributed by atoms with van der Waals surface area (Å²) in [6.07, 6.45) is 7.13. The molecule has 12 heavy (non-hydrogen) atoms. The van der Waals surface area contributed by atoms with E-state index >= 15 is 0 Å². The Labute approximate surface area is 76.5 Å². The first-order valence-electron chi connectivity index (χ1n) is 4.77. The maximum atomic E-state index is 9.66. The van der Waals surface area contributed by atoms with Crippen LogP contribution in [0.1, 0.15) is 47.0 Å². The van der Waals surface area contributed by atoms with Gasteiger partial charge >= 0.3 is 0 Å². The van der Waals surface area contributed by atoms with Crippen molar-refractivity contribution in [2.24, 2.45) is 5.41 Å². The quantitative estimate of drug-likeness (QED) is 0.507. The largest absolute Gasteiger partial charge is 0.393 e. The minimum absolute atomic E-state index is 0.0376. The molecule has 0 aliphatic rings. The molecule has 0 fully saturated rings. The number of rotatable bonds is 4. The molecule has 72 valence electrons. The lowest BCUT2D eigenvalue weighted by atomic mass is 9.86. The van der Waals surface area contributed by atoms with Crippen molar-refractivity contribution >= 4 is 0 Å². The standard InChI is InChI=1S/C11H22O/c1-5-6-7-8-9-10(12)11(2,3)4/h5-6,10,12H,7-9H2,1-4H3/b6-5+. The van der Waals surface area contributed by atoms with Gasteiger partial charge in [-0.15, -0.1) is 0 Å². The molecular formula is C11H22O. The summed E-state index contributed by atoms with van der Waals surface area (Å²) in [5, 5.41) is 9.66. The van der Waals surface area contributed by atoms with Crippen LogP contribution in [0.2, 0.25) is 0 Å². The number of aliphatic hydroxyl groups excluding tert-OH is 1. The van der Waals surface area contributed by atoms with E-state index in [1.165, 1.54) is 0 Å². The van der Waals surface area contributed by atoms with Gasteiger partial charge in [-0.25, -0.2) is 0 Å². The van der Waals surface area contributed by atoms with E-state index in [-0.39, 0.29) is 11.5 Å². The Hall–Kier alpha value is -0.300. The Kier molecular flexibility index (Phi) is 5.23. The van der Waals surface area contributed by atoms with Gasteiger partial charge in [-0.1, -0.05) is 32.9 Å². The molecule has 1 N–H and O–H groups in total. The predicted octanol–water partition coefficient (Wildman–Crippen LogP) is 3.14. The molecule has 0 saturated carbocycles. The highest BCUT2D eigenvalue weighted by atomic mass is 16.3. The predicted molar refractivity (Wildman–Crippen MR) is 54.1 cm³/mol. The molecule has 0 amide bonds. The zero-order valence-electron chi connectivity index (χ0n) is 8.80. The van der Waals surface area contributed by atoms with E-state index in [2.05, 4.69) is 32.9 Å². The van der Waals surface area contributed by atoms with Crippen LogP contribution in [0.15, 0.2) is 12.2 Å². The first kappa shape index (κ1) is 11.7. The fraction of sp³-hybridized carbons (Fsp3) is 0.818. The molecule has 0 aliphatic heterocycles. The Balaban J connectivity index is 3.51. The highest BCUT2D eigenvalue weighted by Crippen LogP contribution is 2.22. The second-order valence-corrected chi connectivity index (χ2v) is 4.38. The highest BCUT2D eigenvalue weighted by molar-refractivity contribution is 4.78. The van der Waals surface area contributed by atoms with Crippen molar-refractivity contribution in [1.29, 1.82) is 0 Å². The third kappa shape index (κ3) is 5.36. The second kappa shape index (κ2) is 5.36. The third-order valence-corrected chi connectivity index (χ3v) is 2.08. The number of unbranched alkanes of at least 4 members (excludes halogenated alkanes) is 1. The van der Waals surface area contributed by atoms with Crippen molar-refractivity contribution in [1.82, 2.24) is 0 Å². The van der Waals surface area contributed by atoms with Crippen LogP contribution in [-0.4, -0.2) is 11.2 Å². The average Bonchev–Trinajstić information content (AvgIpc) is 1.96. The van der Waals surface area contributed by atoms with Crippen LogP contribution >= 0.6 is 0 Å². The zero-order valence-corrected chi connectivity index (χ0v) is 8.80. The lowest BCUT2D eigenvalue weighted by Crippen LogP contribution is -2.25. The van der Waals surface area contributed by atoms with Crippen LogP contribution < -0.4 is 0 Å². The highest BCUT2D eigenvalue weighted by Gasteiger charge is 2.20. The van der Waals surface area contributed by atoms with Crippen LogP contribution in [0.3, 0.4) is 0 Å². The van der Waals surface area contributed by atoms with Gasteiger partial charge in [0.15, 0.2) is 0 Å². The maximum Gasteiger partial charge on any atom is 0.0588 e. The molecule has 0 heterocycles. The summed E-state index contributed by atoms with van der Waals surface area (Å²) < 4.78 is 0. The summed E-state index contributed by atoms with van der Waals surface area (Å²) in [6, 6.07) is 0. The van der Waals surface area contributed by atoms with Crippen molar-refractivity contribution in [3.63, 3.8) is 0 Å². The molecule has 0 saturated heterocycles. The van der Waals surface area contributed by atoms with E-state index in [0.29, 0.717) is 0 Å². The van der Waals surface area contributed by atoms with Gasteiger partial charge in [0.05, 0.1) is 6.10 Å². The fourth-order valence-corrected chi connectivity index (χ4v) is 1.03. The lowest BCUT2D eigenvalue weighted by Gasteiger charge is -2.25. The number of hydrogen-bond donors (Lipinski definition) is 1. The number of aliphatic hydroxyl groups is 1. The molecule has 1 atom stereocenters. The van der Waals surface area contributed by atoms with Crippen molar-refractivity contribution < 1.29 is 5.11 Å². The monoisotopic (exact) mass is 170 g/mol. The van der Waals surface area contributed by atoms with Crippen molar-refractivity contribution in [2.45, 2.75) is 53.1 Å². The second-order valence-electron chi connectivity index (χ2n) is 4.38. The Morgan fingerprint density at radius 2 is 1.92 bits per heavy atom. The van der Waals surface area contributed by atoms with E-state index in [1.54, 1.807) is 0 Å². The van der Waals surface area contributed by atoms with Crippen LogP contribution in [0, 0.1) is 5.41 Å². The molecule has 0 rings (SSSR count). The summed E-state index contributed by atoms with van der Waals surface area (Å²) in [4.78, 5) is 0. The van der Waals surface area contributed by atoms with E-state index in [4.69, 9.17) is 0 Å². The lowest BCUT2D eigenvalue weighted by molar-refractivity contribution is 0.0542. The molecule has 0 aromatic carbocycles. The minimum Gasteiger partial charge on any atom is -0.393 e. The SMILES string of the molecule is C/C=C/CCCC(O)C(C)(C)C. The first-order chi connectivity index (χ1) is 5.48. The van der Waals surface area contributed by atoms with E-state index in [1.807, 2.05) is 6.92 Å². The Morgan fingerprint density at radius 3 is 2.33 bits per heavy atom. The molecule has 0 aliphatic carbocycles. The summed E-state index contributed by atoms with van der Waals surface area (Å²) in [5.41, 5.74) is 0.0376. The minimum atomic E-state index is -0.164. The van der Waals surface area contributed by atoms with Crippen LogP contribution in [0.25, 0.3) is 0 Å². The van der Waals surface area contributed by atoms with Crippen LogP contribution in [0.4, 0.5) is 0 Å². The maximum absolute atomic E-state index is 9.66. The van der Waals surface area contributed by atoms with E-state index in [0.717, 1.165) is 19.3 Å². The topological polar surface area (TPSA) is 20.2 Å². The summed E-state index contributed by atoms with van der Waals surface area (Å²) in [5.74, 6) is 0. The van der Waals surface area contributed by atoms with Crippen molar-refractivity contribution in [2.75, 3.05) is 0 Å². The van der Waals surface area contributed by atoms with Gasteiger partial charge in [-0.3, -0.25) is 0 Å². The normalized spacial score (nSPS) is 15.4. The molecule has 1 nitrogen and oxygen atoms in total. The van der Waals surface area contributed by atoms with Gasteiger partial charge in [0.2, 0.25) is 0 Å². The molecule has 0 bridgehead atoms. The zero-order chi connectivity index (χ0) is 9.61. The first-order valence-corrected chi connectivity index (χ1v) is 4.77. The fourth-order valence-electron chi connectivity index (χ4n) is 1.03. The molecule has 1 unspecified atom stereocenters. The van der Waals surface area contributed by atoms with Crippen molar-refractivity contribution in [3.8, 4) is 0 Å². The molecule has 0 radical (unpaired) electrons. The Morgan fingerprint density at radius 1 is 1.33 bits per heavy atom. The number of allylic oxidation sites excluding steroid dienone is 2. The van der Waals surface area contributed by atoms with E-state index < -0.39 is 0 Å². The summed E-state index contributed by atoms with van der Waals surface area (Å²) in [6.45, 7) is 8.26. The Bertz CT molecular complexity index is 130. The smallest absolute Gasteiger partial charge is 0.0588 e. The van der Waals surface area contributed by atoms with Crippen LogP contribution in [-0.2, 0) is 0 Å².